The number of ether oxygens (including phenoxy) is 1. The Morgan fingerprint density at radius 2 is 2.12 bits per heavy atom. The summed E-state index contributed by atoms with van der Waals surface area (Å²) in [4.78, 5) is 30.3. The van der Waals surface area contributed by atoms with Gasteiger partial charge in [0.25, 0.3) is 0 Å². The molecule has 1 saturated heterocycles. The minimum atomic E-state index is -0.418. The van der Waals surface area contributed by atoms with Crippen molar-refractivity contribution in [2.45, 2.75) is 26.4 Å². The number of hydrogen-bond acceptors (Lipinski definition) is 4. The molecule has 124 valence electrons. The van der Waals surface area contributed by atoms with Crippen LogP contribution in [0, 0.1) is 5.92 Å². The van der Waals surface area contributed by atoms with E-state index in [9.17, 15) is 9.59 Å². The summed E-state index contributed by atoms with van der Waals surface area (Å²) in [6, 6.07) is 11.5. The van der Waals surface area contributed by atoms with Crippen LogP contribution in [0.1, 0.15) is 24.5 Å². The summed E-state index contributed by atoms with van der Waals surface area (Å²) in [6.07, 6.45) is 4.38. The van der Waals surface area contributed by atoms with E-state index in [2.05, 4.69) is 11.9 Å². The second-order valence-corrected chi connectivity index (χ2v) is 5.86. The van der Waals surface area contributed by atoms with Gasteiger partial charge in [-0.2, -0.15) is 0 Å². The Morgan fingerprint density at radius 3 is 2.88 bits per heavy atom. The molecular formula is C19H20N2O3. The van der Waals surface area contributed by atoms with Crippen LogP contribution in [0.4, 0.5) is 5.69 Å². The molecule has 1 aromatic carbocycles. The van der Waals surface area contributed by atoms with E-state index >= 15 is 0 Å². The molecule has 1 aliphatic heterocycles. The van der Waals surface area contributed by atoms with E-state index in [1.807, 2.05) is 30.3 Å². The van der Waals surface area contributed by atoms with Gasteiger partial charge in [-0.05, 0) is 24.1 Å². The largest absolute Gasteiger partial charge is 0.460 e. The van der Waals surface area contributed by atoms with Crippen LogP contribution in [0.5, 0.6) is 0 Å². The summed E-state index contributed by atoms with van der Waals surface area (Å²) in [5.74, 6) is -0.776. The number of aromatic nitrogens is 1. The van der Waals surface area contributed by atoms with Crippen molar-refractivity contribution in [1.29, 1.82) is 0 Å². The molecule has 1 aliphatic rings. The molecule has 0 spiro atoms. The predicted octanol–water partition coefficient (Wildman–Crippen LogP) is 2.74. The molecule has 1 fully saturated rings. The molecule has 0 aliphatic carbocycles. The Hall–Kier alpha value is -2.69. The average molecular weight is 324 g/mol. The maximum absolute atomic E-state index is 12.3. The lowest BCUT2D eigenvalue weighted by molar-refractivity contribution is -0.149. The van der Waals surface area contributed by atoms with Crippen LogP contribution in [-0.2, 0) is 27.4 Å². The number of pyridine rings is 1. The van der Waals surface area contributed by atoms with Crippen LogP contribution in [0.2, 0.25) is 0 Å². The first kappa shape index (κ1) is 16.2. The van der Waals surface area contributed by atoms with Gasteiger partial charge in [-0.1, -0.05) is 31.2 Å². The summed E-state index contributed by atoms with van der Waals surface area (Å²) in [5.41, 5.74) is 2.84. The van der Waals surface area contributed by atoms with Gasteiger partial charge in [0.2, 0.25) is 5.91 Å². The Kier molecular flexibility index (Phi) is 4.89. The Labute approximate surface area is 141 Å². The van der Waals surface area contributed by atoms with Crippen LogP contribution in [-0.4, -0.2) is 23.4 Å². The first-order valence-electron chi connectivity index (χ1n) is 8.13. The fourth-order valence-corrected chi connectivity index (χ4v) is 2.93. The van der Waals surface area contributed by atoms with Gasteiger partial charge < -0.3 is 9.64 Å². The zero-order chi connectivity index (χ0) is 16.9. The third kappa shape index (κ3) is 3.45. The molecule has 1 amide bonds. The maximum atomic E-state index is 12.3. The summed E-state index contributed by atoms with van der Waals surface area (Å²) in [6.45, 7) is 2.61. The van der Waals surface area contributed by atoms with Crippen LogP contribution >= 0.6 is 0 Å². The minimum absolute atomic E-state index is 0.0285. The Morgan fingerprint density at radius 1 is 1.29 bits per heavy atom. The highest BCUT2D eigenvalue weighted by Gasteiger charge is 2.36. The third-order valence-corrected chi connectivity index (χ3v) is 4.23. The van der Waals surface area contributed by atoms with E-state index < -0.39 is 5.92 Å². The molecule has 5 heteroatoms. The minimum Gasteiger partial charge on any atom is -0.460 e. The topological polar surface area (TPSA) is 59.5 Å². The molecule has 0 N–H and O–H groups in total. The monoisotopic (exact) mass is 324 g/mol. The van der Waals surface area contributed by atoms with Crippen LogP contribution in [0.25, 0.3) is 0 Å². The number of anilines is 1. The molecule has 5 nitrogen and oxygen atoms in total. The van der Waals surface area contributed by atoms with Crippen molar-refractivity contribution in [3.8, 4) is 0 Å². The molecule has 0 saturated carbocycles. The quantitative estimate of drug-likeness (QED) is 0.794. The number of amides is 1. The lowest BCUT2D eigenvalue weighted by atomic mass is 10.1. The van der Waals surface area contributed by atoms with Gasteiger partial charge in [-0.3, -0.25) is 14.6 Å². The molecule has 0 bridgehead atoms. The number of esters is 1. The normalized spacial score (nSPS) is 17.1. The average Bonchev–Trinajstić information content (AvgIpc) is 3.02. The highest BCUT2D eigenvalue weighted by Crippen LogP contribution is 2.29. The smallest absolute Gasteiger partial charge is 0.311 e. The summed E-state index contributed by atoms with van der Waals surface area (Å²) < 4.78 is 5.34. The second kappa shape index (κ2) is 7.25. The predicted molar refractivity (Wildman–Crippen MR) is 90.3 cm³/mol. The number of aryl methyl sites for hydroxylation is 1. The Bertz CT molecular complexity index is 730. The second-order valence-electron chi connectivity index (χ2n) is 5.86. The van der Waals surface area contributed by atoms with Gasteiger partial charge in [0, 0.05) is 36.6 Å². The van der Waals surface area contributed by atoms with E-state index in [-0.39, 0.29) is 24.9 Å². The number of benzene rings is 1. The van der Waals surface area contributed by atoms with Crippen molar-refractivity contribution in [2.75, 3.05) is 11.4 Å². The van der Waals surface area contributed by atoms with Crippen LogP contribution in [0.3, 0.4) is 0 Å². The van der Waals surface area contributed by atoms with Crippen molar-refractivity contribution in [3.63, 3.8) is 0 Å². The fraction of sp³-hybridized carbons (Fsp3) is 0.316. The molecule has 3 rings (SSSR count). The van der Waals surface area contributed by atoms with Crippen molar-refractivity contribution in [3.05, 3.63) is 59.9 Å². The molecule has 24 heavy (non-hydrogen) atoms. The van der Waals surface area contributed by atoms with Gasteiger partial charge in [0.15, 0.2) is 0 Å². The Balaban J connectivity index is 1.65. The van der Waals surface area contributed by atoms with E-state index in [0.717, 1.165) is 23.2 Å². The number of para-hydroxylation sites is 1. The fourth-order valence-electron chi connectivity index (χ4n) is 2.93. The van der Waals surface area contributed by atoms with E-state index in [0.29, 0.717) is 6.54 Å². The van der Waals surface area contributed by atoms with Crippen LogP contribution < -0.4 is 4.90 Å². The summed E-state index contributed by atoms with van der Waals surface area (Å²) >= 11 is 0. The van der Waals surface area contributed by atoms with E-state index in [1.54, 1.807) is 23.4 Å². The van der Waals surface area contributed by atoms with Gasteiger partial charge in [0.1, 0.15) is 6.61 Å². The molecular weight excluding hydrogens is 304 g/mol. The van der Waals surface area contributed by atoms with Crippen LogP contribution in [0.15, 0.2) is 48.8 Å². The molecule has 1 atom stereocenters. The number of nitrogens with zero attached hydrogens (tertiary/aromatic N) is 2. The highest BCUT2D eigenvalue weighted by atomic mass is 16.5. The van der Waals surface area contributed by atoms with Crippen molar-refractivity contribution < 1.29 is 14.3 Å². The zero-order valence-corrected chi connectivity index (χ0v) is 13.6. The van der Waals surface area contributed by atoms with Gasteiger partial charge in [-0.15, -0.1) is 0 Å². The lowest BCUT2D eigenvalue weighted by Gasteiger charge is -2.19. The molecule has 2 aromatic rings. The molecule has 1 aromatic heterocycles. The summed E-state index contributed by atoms with van der Waals surface area (Å²) in [7, 11) is 0. The standard InChI is InChI=1S/C19H20N2O3/c1-2-15-7-3-4-8-17(15)21-12-16(10-18(21)22)19(23)24-13-14-6-5-9-20-11-14/h3-9,11,16H,2,10,12-13H2,1H3. The van der Waals surface area contributed by atoms with Gasteiger partial charge in [-0.25, -0.2) is 0 Å². The SMILES string of the molecule is CCc1ccccc1N1CC(C(=O)OCc2cccnc2)CC1=O. The number of hydrogen-bond donors (Lipinski definition) is 0. The van der Waals surface area contributed by atoms with E-state index in [1.165, 1.54) is 0 Å². The summed E-state index contributed by atoms with van der Waals surface area (Å²) in [5, 5.41) is 0. The van der Waals surface area contributed by atoms with Gasteiger partial charge in [0.05, 0.1) is 5.92 Å². The van der Waals surface area contributed by atoms with Gasteiger partial charge >= 0.3 is 5.97 Å². The molecule has 1 unspecified atom stereocenters. The number of carbonyl (C=O) groups is 2. The highest BCUT2D eigenvalue weighted by molar-refractivity contribution is 6.00. The first-order chi connectivity index (χ1) is 11.7. The van der Waals surface area contributed by atoms with E-state index in [4.69, 9.17) is 4.74 Å². The van der Waals surface area contributed by atoms with Crippen molar-refractivity contribution >= 4 is 17.6 Å². The number of rotatable bonds is 5. The van der Waals surface area contributed by atoms with Crippen molar-refractivity contribution in [2.24, 2.45) is 5.92 Å². The zero-order valence-electron chi connectivity index (χ0n) is 13.6. The third-order valence-electron chi connectivity index (χ3n) is 4.23. The first-order valence-corrected chi connectivity index (χ1v) is 8.13. The maximum Gasteiger partial charge on any atom is 0.311 e. The lowest BCUT2D eigenvalue weighted by Crippen LogP contribution is -2.27. The molecule has 0 radical (unpaired) electrons. The number of carbonyl (C=O) groups excluding carboxylic acids is 2. The molecule has 2 heterocycles. The van der Waals surface area contributed by atoms with Crippen molar-refractivity contribution in [1.82, 2.24) is 4.98 Å².